The van der Waals surface area contributed by atoms with Gasteiger partial charge in [0.1, 0.15) is 0 Å². The normalized spacial score (nSPS) is 10.4. The summed E-state index contributed by atoms with van der Waals surface area (Å²) in [6.07, 6.45) is 3.31. The van der Waals surface area contributed by atoms with Gasteiger partial charge in [-0.2, -0.15) is 0 Å². The van der Waals surface area contributed by atoms with Gasteiger partial charge < -0.3 is 9.73 Å². The van der Waals surface area contributed by atoms with Crippen molar-refractivity contribution in [1.82, 2.24) is 9.97 Å². The molecule has 0 aliphatic heterocycles. The average Bonchev–Trinajstić information content (AvgIpc) is 2.74. The third-order valence-corrected chi connectivity index (χ3v) is 2.57. The molecule has 2 heterocycles. The van der Waals surface area contributed by atoms with Gasteiger partial charge in [0, 0.05) is 12.1 Å². The van der Waals surface area contributed by atoms with E-state index >= 15 is 0 Å². The van der Waals surface area contributed by atoms with E-state index < -0.39 is 0 Å². The van der Waals surface area contributed by atoms with E-state index in [0.29, 0.717) is 17.5 Å². The lowest BCUT2D eigenvalue weighted by Crippen LogP contribution is -2.04. The van der Waals surface area contributed by atoms with Gasteiger partial charge in [-0.25, -0.2) is 9.97 Å². The van der Waals surface area contributed by atoms with Crippen LogP contribution in [0.4, 0.5) is 5.82 Å². The first-order chi connectivity index (χ1) is 7.66. The predicted octanol–water partition coefficient (Wildman–Crippen LogP) is 2.95. The zero-order chi connectivity index (χ0) is 11.5. The van der Waals surface area contributed by atoms with E-state index in [9.17, 15) is 0 Å². The lowest BCUT2D eigenvalue weighted by atomic mass is 10.3. The van der Waals surface area contributed by atoms with Crippen LogP contribution in [-0.2, 0) is 6.54 Å². The van der Waals surface area contributed by atoms with Crippen molar-refractivity contribution in [3.63, 3.8) is 0 Å². The maximum absolute atomic E-state index is 5.98. The van der Waals surface area contributed by atoms with Crippen LogP contribution in [0.15, 0.2) is 23.0 Å². The summed E-state index contributed by atoms with van der Waals surface area (Å²) in [6.45, 7) is 4.41. The Kier molecular flexibility index (Phi) is 3.10. The second-order valence-electron chi connectivity index (χ2n) is 3.52. The Labute approximate surface area is 98.7 Å². The summed E-state index contributed by atoms with van der Waals surface area (Å²) in [5, 5.41) is 3.51. The number of aromatic nitrogens is 2. The number of anilines is 1. The van der Waals surface area contributed by atoms with Crippen LogP contribution in [0.25, 0.3) is 0 Å². The van der Waals surface area contributed by atoms with Gasteiger partial charge in [0.15, 0.2) is 11.0 Å². The van der Waals surface area contributed by atoms with Gasteiger partial charge in [0.2, 0.25) is 0 Å². The van der Waals surface area contributed by atoms with Gasteiger partial charge in [0.25, 0.3) is 0 Å². The Balaban J connectivity index is 2.12. The minimum atomic E-state index is 0.395. The fourth-order valence-corrected chi connectivity index (χ4v) is 1.50. The van der Waals surface area contributed by atoms with Gasteiger partial charge in [-0.15, -0.1) is 0 Å². The number of aryl methyl sites for hydroxylation is 2. The highest BCUT2D eigenvalue weighted by atomic mass is 35.5. The van der Waals surface area contributed by atoms with Crippen LogP contribution in [0.3, 0.4) is 0 Å². The first-order valence-electron chi connectivity index (χ1n) is 4.92. The molecule has 0 atom stereocenters. The van der Waals surface area contributed by atoms with Crippen LogP contribution in [0.1, 0.15) is 17.0 Å². The molecule has 0 saturated carbocycles. The smallest absolute Gasteiger partial charge is 0.171 e. The summed E-state index contributed by atoms with van der Waals surface area (Å²) in [5.41, 5.74) is 2.76. The Hall–Kier alpha value is -1.55. The van der Waals surface area contributed by atoms with Gasteiger partial charge in [-0.1, -0.05) is 11.6 Å². The molecule has 0 fully saturated rings. The highest BCUT2D eigenvalue weighted by Gasteiger charge is 2.06. The highest BCUT2D eigenvalue weighted by Crippen LogP contribution is 2.19. The van der Waals surface area contributed by atoms with Crippen molar-refractivity contribution >= 4 is 17.4 Å². The van der Waals surface area contributed by atoms with Crippen LogP contribution < -0.4 is 5.32 Å². The highest BCUT2D eigenvalue weighted by molar-refractivity contribution is 6.31. The molecule has 0 saturated heterocycles. The van der Waals surface area contributed by atoms with E-state index in [1.54, 1.807) is 12.5 Å². The molecule has 5 heteroatoms. The maximum Gasteiger partial charge on any atom is 0.171 e. The molecule has 0 radical (unpaired) electrons. The van der Waals surface area contributed by atoms with Crippen molar-refractivity contribution < 1.29 is 4.42 Å². The Bertz CT molecular complexity index is 482. The molecular formula is C11H12ClN3O. The molecule has 4 nitrogen and oxygen atoms in total. The Morgan fingerprint density at radius 1 is 1.31 bits per heavy atom. The first-order valence-corrected chi connectivity index (χ1v) is 5.30. The zero-order valence-electron chi connectivity index (χ0n) is 9.12. The molecule has 0 bridgehead atoms. The van der Waals surface area contributed by atoms with Crippen LogP contribution in [0, 0.1) is 13.8 Å². The topological polar surface area (TPSA) is 51.0 Å². The fourth-order valence-electron chi connectivity index (χ4n) is 1.27. The third-order valence-electron chi connectivity index (χ3n) is 2.30. The van der Waals surface area contributed by atoms with Crippen molar-refractivity contribution in [2.24, 2.45) is 0 Å². The molecule has 84 valence electrons. The van der Waals surface area contributed by atoms with Crippen LogP contribution >= 0.6 is 11.6 Å². The number of hydrogen-bond donors (Lipinski definition) is 1. The number of nitrogens with one attached hydrogen (secondary N) is 1. The summed E-state index contributed by atoms with van der Waals surface area (Å²) in [6, 6.07) is 1.88. The standard InChI is InChI=1S/C11H12ClN3O/c1-7-8(2)15-11(10(12)14-7)13-5-9-3-4-16-6-9/h3-4,6H,5H2,1-2H3,(H,13,15). The summed E-state index contributed by atoms with van der Waals surface area (Å²) in [4.78, 5) is 8.53. The van der Waals surface area contributed by atoms with Crippen molar-refractivity contribution in [3.05, 3.63) is 40.7 Å². The second-order valence-corrected chi connectivity index (χ2v) is 3.88. The molecule has 1 N–H and O–H groups in total. The SMILES string of the molecule is Cc1nc(Cl)c(NCc2ccoc2)nc1C. The monoisotopic (exact) mass is 237 g/mol. The quantitative estimate of drug-likeness (QED) is 0.892. The summed E-state index contributed by atoms with van der Waals surface area (Å²) >= 11 is 5.98. The molecule has 0 spiro atoms. The number of nitrogens with zero attached hydrogens (tertiary/aromatic N) is 2. The second kappa shape index (κ2) is 4.53. The molecule has 0 amide bonds. The van der Waals surface area contributed by atoms with Crippen molar-refractivity contribution in [2.75, 3.05) is 5.32 Å². The van der Waals surface area contributed by atoms with Gasteiger partial charge in [-0.05, 0) is 19.9 Å². The predicted molar refractivity (Wildman–Crippen MR) is 62.6 cm³/mol. The maximum atomic E-state index is 5.98. The molecule has 0 unspecified atom stereocenters. The van der Waals surface area contributed by atoms with Crippen LogP contribution in [-0.4, -0.2) is 9.97 Å². The molecule has 0 aromatic carbocycles. The summed E-state index contributed by atoms with van der Waals surface area (Å²) in [5.74, 6) is 0.603. The van der Waals surface area contributed by atoms with Gasteiger partial charge in [-0.3, -0.25) is 0 Å². The Morgan fingerprint density at radius 3 is 2.75 bits per heavy atom. The number of furan rings is 1. The number of hydrogen-bond acceptors (Lipinski definition) is 4. The minimum absolute atomic E-state index is 0.395. The fraction of sp³-hybridized carbons (Fsp3) is 0.273. The van der Waals surface area contributed by atoms with Gasteiger partial charge in [0.05, 0.1) is 23.9 Å². The van der Waals surface area contributed by atoms with Gasteiger partial charge >= 0.3 is 0 Å². The van der Waals surface area contributed by atoms with Crippen molar-refractivity contribution in [1.29, 1.82) is 0 Å². The average molecular weight is 238 g/mol. The van der Waals surface area contributed by atoms with Crippen molar-refractivity contribution in [2.45, 2.75) is 20.4 Å². The third kappa shape index (κ3) is 2.33. The van der Waals surface area contributed by atoms with E-state index in [2.05, 4.69) is 15.3 Å². The molecule has 2 aromatic heterocycles. The summed E-state index contributed by atoms with van der Waals surface area (Å²) < 4.78 is 4.97. The van der Waals surface area contributed by atoms with Crippen molar-refractivity contribution in [3.8, 4) is 0 Å². The van der Waals surface area contributed by atoms with E-state index in [1.807, 2.05) is 19.9 Å². The number of rotatable bonds is 3. The molecule has 2 aromatic rings. The molecule has 0 aliphatic carbocycles. The summed E-state index contributed by atoms with van der Waals surface area (Å²) in [7, 11) is 0. The molecule has 0 aliphatic rings. The minimum Gasteiger partial charge on any atom is -0.472 e. The molecule has 2 rings (SSSR count). The largest absolute Gasteiger partial charge is 0.472 e. The zero-order valence-corrected chi connectivity index (χ0v) is 9.88. The first kappa shape index (κ1) is 11.0. The lowest BCUT2D eigenvalue weighted by molar-refractivity contribution is 0.564. The van der Waals surface area contributed by atoms with Crippen LogP contribution in [0.2, 0.25) is 5.15 Å². The Morgan fingerprint density at radius 2 is 2.06 bits per heavy atom. The van der Waals surface area contributed by atoms with E-state index in [1.165, 1.54) is 0 Å². The number of halogens is 1. The molecule has 16 heavy (non-hydrogen) atoms. The van der Waals surface area contributed by atoms with E-state index in [4.69, 9.17) is 16.0 Å². The van der Waals surface area contributed by atoms with E-state index in [0.717, 1.165) is 17.0 Å². The van der Waals surface area contributed by atoms with Crippen LogP contribution in [0.5, 0.6) is 0 Å². The van der Waals surface area contributed by atoms with E-state index in [-0.39, 0.29) is 0 Å². The lowest BCUT2D eigenvalue weighted by Gasteiger charge is -2.07. The molecular weight excluding hydrogens is 226 g/mol.